The Morgan fingerprint density at radius 1 is 0.314 bits per heavy atom. The van der Waals surface area contributed by atoms with Crippen LogP contribution >= 0.6 is 0 Å². The number of carbonyl (C=O) groups is 1. The van der Waals surface area contributed by atoms with Crippen molar-refractivity contribution in [3.8, 4) is 0 Å². The lowest BCUT2D eigenvalue weighted by atomic mass is 10.1. The van der Waals surface area contributed by atoms with Gasteiger partial charge in [-0.05, 0) is 6.42 Å². The molecule has 0 aliphatic carbocycles. The largest absolute Gasteiger partial charge is 0.463 e. The minimum Gasteiger partial charge on any atom is -0.463 e. The Kier molecular flexibility index (Phi) is 46.1. The van der Waals surface area contributed by atoms with E-state index in [0.717, 1.165) is 12.8 Å². The lowest BCUT2D eigenvalue weighted by molar-refractivity contribution is -0.145. The zero-order valence-corrected chi connectivity index (χ0v) is 32.3. The minimum atomic E-state index is -0.137. The van der Waals surface area contributed by atoms with Crippen LogP contribution in [0.1, 0.15) is 71.1 Å². The summed E-state index contributed by atoms with van der Waals surface area (Å²) in [5.41, 5.74) is 0. The van der Waals surface area contributed by atoms with E-state index in [-0.39, 0.29) is 12.6 Å². The smallest absolute Gasteiger partial charge is 0.305 e. The molecule has 0 aliphatic rings. The Morgan fingerprint density at radius 2 is 0.549 bits per heavy atom. The third-order valence-corrected chi connectivity index (χ3v) is 7.13. The van der Waals surface area contributed by atoms with E-state index >= 15 is 0 Å². The Bertz CT molecular complexity index is 646. The number of carbonyl (C=O) groups excluding carboxylic acids is 1. The van der Waals surface area contributed by atoms with Gasteiger partial charge >= 0.3 is 5.97 Å². The minimum absolute atomic E-state index is 0.137. The van der Waals surface area contributed by atoms with Crippen LogP contribution in [0.15, 0.2) is 0 Å². The molecule has 0 saturated carbocycles. The van der Waals surface area contributed by atoms with Crippen molar-refractivity contribution in [2.45, 2.75) is 71.1 Å². The van der Waals surface area contributed by atoms with E-state index in [1.54, 1.807) is 7.11 Å². The average Bonchev–Trinajstić information content (AvgIpc) is 3.14. The van der Waals surface area contributed by atoms with Gasteiger partial charge in [-0.1, -0.05) is 58.3 Å². The zero-order valence-electron chi connectivity index (χ0n) is 32.3. The summed E-state index contributed by atoms with van der Waals surface area (Å²) in [6.07, 6.45) is 11.6. The first kappa shape index (κ1) is 50.0. The molecular formula is C37H74O14. The first-order valence-corrected chi connectivity index (χ1v) is 19.3. The van der Waals surface area contributed by atoms with Gasteiger partial charge < -0.3 is 61.6 Å². The fourth-order valence-corrected chi connectivity index (χ4v) is 4.31. The van der Waals surface area contributed by atoms with Gasteiger partial charge in [-0.3, -0.25) is 4.79 Å². The first-order valence-electron chi connectivity index (χ1n) is 19.3. The highest BCUT2D eigenvalue weighted by atomic mass is 16.6. The van der Waals surface area contributed by atoms with Gasteiger partial charge in [-0.15, -0.1) is 0 Å². The molecule has 0 rings (SSSR count). The van der Waals surface area contributed by atoms with Gasteiger partial charge in [0.15, 0.2) is 0 Å². The van der Waals surface area contributed by atoms with Crippen LogP contribution in [0.2, 0.25) is 0 Å². The van der Waals surface area contributed by atoms with Crippen molar-refractivity contribution < 1.29 is 66.4 Å². The van der Waals surface area contributed by atoms with Crippen LogP contribution in [-0.2, 0) is 66.4 Å². The highest BCUT2D eigenvalue weighted by molar-refractivity contribution is 5.69. The zero-order chi connectivity index (χ0) is 36.8. The number of unbranched alkanes of at least 4 members (excludes halogenated alkanes) is 8. The summed E-state index contributed by atoms with van der Waals surface area (Å²) in [5, 5.41) is 0. The second-order valence-electron chi connectivity index (χ2n) is 11.5. The topological polar surface area (TPSA) is 137 Å². The number of hydrogen-bond donors (Lipinski definition) is 0. The summed E-state index contributed by atoms with van der Waals surface area (Å²) in [7, 11) is 1.65. The molecule has 0 aliphatic heterocycles. The molecular weight excluding hydrogens is 668 g/mol. The molecule has 306 valence electrons. The highest BCUT2D eigenvalue weighted by Gasteiger charge is 2.03. The fourth-order valence-electron chi connectivity index (χ4n) is 4.31. The molecule has 51 heavy (non-hydrogen) atoms. The fraction of sp³-hybridized carbons (Fsp3) is 0.973. The van der Waals surface area contributed by atoms with E-state index in [9.17, 15) is 4.79 Å². The van der Waals surface area contributed by atoms with Gasteiger partial charge in [0.1, 0.15) is 6.61 Å². The first-order chi connectivity index (χ1) is 25.3. The third kappa shape index (κ3) is 47.0. The van der Waals surface area contributed by atoms with Gasteiger partial charge in [-0.2, -0.15) is 0 Å². The standard InChI is InChI=1S/C37H74O14/c1-3-4-5-6-7-8-9-10-11-12-37(38)51-36-35-50-34-33-49-32-31-48-30-29-47-28-27-46-26-25-45-24-23-44-22-21-43-20-19-42-18-17-41-16-15-40-14-13-39-2/h3-36H2,1-2H3. The molecule has 0 amide bonds. The summed E-state index contributed by atoms with van der Waals surface area (Å²) >= 11 is 0. The van der Waals surface area contributed by atoms with Crippen molar-refractivity contribution >= 4 is 5.97 Å². The molecule has 0 aromatic carbocycles. The van der Waals surface area contributed by atoms with Crippen molar-refractivity contribution in [3.63, 3.8) is 0 Å². The van der Waals surface area contributed by atoms with Crippen molar-refractivity contribution in [2.75, 3.05) is 166 Å². The lowest BCUT2D eigenvalue weighted by Gasteiger charge is -2.09. The van der Waals surface area contributed by atoms with Crippen LogP contribution in [0.5, 0.6) is 0 Å². The summed E-state index contributed by atoms with van der Waals surface area (Å²) in [6.45, 7) is 14.2. The predicted octanol–water partition coefficient (Wildman–Crippen LogP) is 4.28. The van der Waals surface area contributed by atoms with Gasteiger partial charge in [-0.25, -0.2) is 0 Å². The van der Waals surface area contributed by atoms with Crippen LogP contribution in [-0.4, -0.2) is 172 Å². The molecule has 0 atom stereocenters. The normalized spacial score (nSPS) is 11.5. The van der Waals surface area contributed by atoms with Crippen LogP contribution in [0.4, 0.5) is 0 Å². The third-order valence-electron chi connectivity index (χ3n) is 7.13. The number of rotatable bonds is 46. The van der Waals surface area contributed by atoms with E-state index < -0.39 is 0 Å². The predicted molar refractivity (Wildman–Crippen MR) is 194 cm³/mol. The Hall–Kier alpha value is -1.01. The molecule has 0 fully saturated rings. The number of esters is 1. The van der Waals surface area contributed by atoms with E-state index in [2.05, 4.69) is 6.92 Å². The van der Waals surface area contributed by atoms with E-state index in [1.165, 1.54) is 44.9 Å². The summed E-state index contributed by atoms with van der Waals surface area (Å²) in [6, 6.07) is 0. The summed E-state index contributed by atoms with van der Waals surface area (Å²) in [5.74, 6) is -0.137. The van der Waals surface area contributed by atoms with Gasteiger partial charge in [0.05, 0.1) is 152 Å². The van der Waals surface area contributed by atoms with E-state index in [1.807, 2.05) is 0 Å². The summed E-state index contributed by atoms with van der Waals surface area (Å²) < 4.78 is 70.1. The molecule has 0 bridgehead atoms. The highest BCUT2D eigenvalue weighted by Crippen LogP contribution is 2.10. The second kappa shape index (κ2) is 47.0. The number of hydrogen-bond acceptors (Lipinski definition) is 14. The van der Waals surface area contributed by atoms with Crippen LogP contribution < -0.4 is 0 Å². The second-order valence-corrected chi connectivity index (χ2v) is 11.5. The molecule has 14 nitrogen and oxygen atoms in total. The Labute approximate surface area is 309 Å². The Balaban J connectivity index is 3.10. The molecule has 0 aromatic heterocycles. The quantitative estimate of drug-likeness (QED) is 0.0648. The van der Waals surface area contributed by atoms with Crippen molar-refractivity contribution in [1.29, 1.82) is 0 Å². The molecule has 0 unspecified atom stereocenters. The number of ether oxygens (including phenoxy) is 13. The maximum Gasteiger partial charge on any atom is 0.305 e. The molecule has 0 radical (unpaired) electrons. The Morgan fingerprint density at radius 3 is 0.824 bits per heavy atom. The summed E-state index contributed by atoms with van der Waals surface area (Å²) in [4.78, 5) is 11.8. The molecule has 0 heterocycles. The average molecular weight is 743 g/mol. The van der Waals surface area contributed by atoms with Crippen LogP contribution in [0.3, 0.4) is 0 Å². The van der Waals surface area contributed by atoms with E-state index in [0.29, 0.717) is 158 Å². The van der Waals surface area contributed by atoms with Crippen molar-refractivity contribution in [1.82, 2.24) is 0 Å². The van der Waals surface area contributed by atoms with Crippen molar-refractivity contribution in [2.24, 2.45) is 0 Å². The molecule has 0 spiro atoms. The van der Waals surface area contributed by atoms with E-state index in [4.69, 9.17) is 61.6 Å². The maximum atomic E-state index is 11.8. The monoisotopic (exact) mass is 743 g/mol. The molecule has 0 aromatic rings. The van der Waals surface area contributed by atoms with Gasteiger partial charge in [0.2, 0.25) is 0 Å². The molecule has 14 heteroatoms. The van der Waals surface area contributed by atoms with Gasteiger partial charge in [0, 0.05) is 13.5 Å². The van der Waals surface area contributed by atoms with Crippen molar-refractivity contribution in [3.05, 3.63) is 0 Å². The van der Waals surface area contributed by atoms with Gasteiger partial charge in [0.25, 0.3) is 0 Å². The molecule has 0 N–H and O–H groups in total. The van der Waals surface area contributed by atoms with Crippen LogP contribution in [0.25, 0.3) is 0 Å². The van der Waals surface area contributed by atoms with Crippen LogP contribution in [0, 0.1) is 0 Å². The molecule has 0 saturated heterocycles. The SMILES string of the molecule is CCCCCCCCCCCC(=O)OCCOCCOCCOCCOCCOCCOCCOCCOCCOCCOCCOCCOC. The lowest BCUT2D eigenvalue weighted by Crippen LogP contribution is -2.15. The number of methoxy groups -OCH3 is 1. The maximum absolute atomic E-state index is 11.8.